The number of unbranched alkanes of at least 4 members (excludes halogenated alkanes) is 4. The summed E-state index contributed by atoms with van der Waals surface area (Å²) in [4.78, 5) is 62.4. The summed E-state index contributed by atoms with van der Waals surface area (Å²) >= 11 is 0. The lowest BCUT2D eigenvalue weighted by atomic mass is 9.98. The number of carbonyl (C=O) groups excluding carboxylic acids is 4. The van der Waals surface area contributed by atoms with Gasteiger partial charge in [-0.1, -0.05) is 91.9 Å². The van der Waals surface area contributed by atoms with Crippen LogP contribution in [0.25, 0.3) is 0 Å². The summed E-state index contributed by atoms with van der Waals surface area (Å²) in [5.41, 5.74) is 4.86. The van der Waals surface area contributed by atoms with E-state index < -0.39 is 68.8 Å². The Labute approximate surface area is 386 Å². The van der Waals surface area contributed by atoms with Crippen LogP contribution in [0.4, 0.5) is 9.59 Å². The van der Waals surface area contributed by atoms with E-state index in [-0.39, 0.29) is 25.3 Å². The molecule has 4 bridgehead atoms. The summed E-state index contributed by atoms with van der Waals surface area (Å²) in [7, 11) is -9.58. The molecule has 0 aromatic heterocycles. The summed E-state index contributed by atoms with van der Waals surface area (Å²) in [6.45, 7) is 15.3. The van der Waals surface area contributed by atoms with Gasteiger partial charge in [-0.05, 0) is 77.0 Å². The molecule has 2 saturated carbocycles. The Hall–Kier alpha value is -2.90. The van der Waals surface area contributed by atoms with E-state index in [1.807, 2.05) is 0 Å². The number of carbonyl (C=O) groups is 4. The number of urea groups is 2. The van der Waals surface area contributed by atoms with E-state index in [1.165, 1.54) is 105 Å². The molecular formula is C42H78N7O14S2+. The fourth-order valence-electron chi connectivity index (χ4n) is 9.64. The summed E-state index contributed by atoms with van der Waals surface area (Å²) in [6, 6.07) is -4.02. The normalized spacial score (nSPS) is 24.0. The van der Waals surface area contributed by atoms with Gasteiger partial charge in [-0.2, -0.15) is 27.0 Å². The Morgan fingerprint density at radius 2 is 0.877 bits per heavy atom. The molecule has 6 rings (SSSR count). The molecule has 4 N–H and O–H groups in total. The molecule has 376 valence electrons. The number of piperidine rings is 2. The van der Waals surface area contributed by atoms with E-state index in [0.717, 1.165) is 51.4 Å². The number of hydrogen-bond donors (Lipinski definition) is 4. The molecule has 0 aromatic carbocycles. The van der Waals surface area contributed by atoms with Crippen molar-refractivity contribution in [2.24, 2.45) is 0 Å². The van der Waals surface area contributed by atoms with Crippen LogP contribution in [0.2, 0.25) is 0 Å². The zero-order valence-electron chi connectivity index (χ0n) is 39.1. The number of quaternary nitrogens is 1. The third kappa shape index (κ3) is 17.3. The van der Waals surface area contributed by atoms with Crippen LogP contribution in [0.1, 0.15) is 169 Å². The van der Waals surface area contributed by atoms with Crippen LogP contribution in [0.15, 0.2) is 0 Å². The second-order valence-corrected chi connectivity index (χ2v) is 20.4. The van der Waals surface area contributed by atoms with E-state index >= 15 is 0 Å². The molecule has 2 aliphatic carbocycles. The van der Waals surface area contributed by atoms with Gasteiger partial charge < -0.3 is 14.3 Å². The number of hydrogen-bond acceptors (Lipinski definition) is 12. The maximum Gasteiger partial charge on any atom is 0.418 e. The van der Waals surface area contributed by atoms with Crippen LogP contribution in [0.5, 0.6) is 0 Å². The van der Waals surface area contributed by atoms with E-state index in [9.17, 15) is 36.0 Å². The summed E-state index contributed by atoms with van der Waals surface area (Å²) in [5, 5.41) is 1.23. The van der Waals surface area contributed by atoms with Gasteiger partial charge >= 0.3 is 32.9 Å². The van der Waals surface area contributed by atoms with Gasteiger partial charge in [0.2, 0.25) is 0 Å². The van der Waals surface area contributed by atoms with Crippen molar-refractivity contribution >= 4 is 44.7 Å². The monoisotopic (exact) mass is 969 g/mol. The van der Waals surface area contributed by atoms with Crippen molar-refractivity contribution in [3.8, 4) is 0 Å². The quantitative estimate of drug-likeness (QED) is 0.0574. The minimum absolute atomic E-state index is 0.00678. The average Bonchev–Trinajstić information content (AvgIpc) is 3.65. The van der Waals surface area contributed by atoms with Crippen LogP contribution in [0, 0.1) is 0 Å². The zero-order chi connectivity index (χ0) is 47.6. The highest BCUT2D eigenvalue weighted by molar-refractivity contribution is 7.81. The Morgan fingerprint density at radius 3 is 1.17 bits per heavy atom. The van der Waals surface area contributed by atoms with Gasteiger partial charge in [0.15, 0.2) is 0 Å². The number of nitrogens with one attached hydrogen (secondary N) is 2. The summed E-state index contributed by atoms with van der Waals surface area (Å²) < 4.78 is 70.9. The molecule has 4 aliphatic heterocycles. The van der Waals surface area contributed by atoms with Gasteiger partial charge in [0, 0.05) is 13.1 Å². The van der Waals surface area contributed by atoms with Crippen molar-refractivity contribution in [3.63, 3.8) is 0 Å². The largest absolute Gasteiger partial charge is 0.418 e. The lowest BCUT2D eigenvalue weighted by Crippen LogP contribution is -2.50. The summed E-state index contributed by atoms with van der Waals surface area (Å²) in [6.07, 6.45) is 22.7. The van der Waals surface area contributed by atoms with Crippen molar-refractivity contribution in [3.05, 3.63) is 0 Å². The van der Waals surface area contributed by atoms with Crippen LogP contribution in [-0.2, 0) is 48.6 Å². The van der Waals surface area contributed by atoms with Crippen LogP contribution < -0.4 is 11.0 Å². The Morgan fingerprint density at radius 1 is 0.554 bits per heavy atom. The molecule has 4 heterocycles. The Kier molecular flexibility index (Phi) is 22.4. The molecule has 65 heavy (non-hydrogen) atoms. The van der Waals surface area contributed by atoms with Crippen molar-refractivity contribution in [2.45, 2.75) is 205 Å². The highest BCUT2D eigenvalue weighted by Gasteiger charge is 2.51. The van der Waals surface area contributed by atoms with E-state index in [4.69, 9.17) is 18.8 Å². The van der Waals surface area contributed by atoms with Crippen LogP contribution >= 0.6 is 0 Å². The number of amides is 6. The zero-order valence-corrected chi connectivity index (χ0v) is 40.7. The first-order valence-electron chi connectivity index (χ1n) is 24.2. The molecule has 0 spiro atoms. The van der Waals surface area contributed by atoms with Crippen LogP contribution in [-0.4, -0.2) is 150 Å². The average molecular weight is 969 g/mol. The standard InChI is InChI=1S/C16H36N.2C13H21N3O7S/c1-5-9-13-17(14-10-6-2,15-11-7-3)16-12-8-4;2*17-12(14-22-10-4-2-1-3-5-10)11-7-6-9-8-15(11)13(18)16(9)23-24(19,20)21/h5-16H2,1-4H3;2*9-11H,1-8H2,(H,14,17)(H,19,20,21)/q+1;;/t;2*9-,11+/m.11/s1. The Bertz CT molecular complexity index is 1590. The highest BCUT2D eigenvalue weighted by atomic mass is 32.3. The minimum atomic E-state index is -4.79. The smallest absolute Gasteiger partial charge is 0.324 e. The molecule has 0 unspecified atom stereocenters. The van der Waals surface area contributed by atoms with Gasteiger partial charge in [-0.25, -0.2) is 20.5 Å². The molecule has 4 atom stereocenters. The maximum absolute atomic E-state index is 12.3. The van der Waals surface area contributed by atoms with Crippen molar-refractivity contribution < 1.29 is 67.8 Å². The fourth-order valence-corrected chi connectivity index (χ4v) is 10.4. The maximum atomic E-state index is 12.3. The van der Waals surface area contributed by atoms with Gasteiger partial charge in [-0.3, -0.25) is 28.4 Å². The predicted octanol–water partition coefficient (Wildman–Crippen LogP) is 5.74. The first kappa shape index (κ1) is 54.7. The number of hydroxylamine groups is 6. The van der Waals surface area contributed by atoms with Gasteiger partial charge in [0.1, 0.15) is 12.1 Å². The van der Waals surface area contributed by atoms with Gasteiger partial charge in [-0.15, -0.1) is 8.57 Å². The van der Waals surface area contributed by atoms with Crippen molar-refractivity contribution in [2.75, 3.05) is 39.3 Å². The first-order valence-corrected chi connectivity index (χ1v) is 27.0. The fraction of sp³-hybridized carbons (Fsp3) is 0.905. The number of fused-ring (bicyclic) bond motifs is 4. The third-order valence-electron chi connectivity index (χ3n) is 13.3. The predicted molar refractivity (Wildman–Crippen MR) is 238 cm³/mol. The molecule has 0 aromatic rings. The van der Waals surface area contributed by atoms with Crippen molar-refractivity contribution in [1.29, 1.82) is 0 Å². The van der Waals surface area contributed by atoms with Gasteiger partial charge in [0.25, 0.3) is 11.8 Å². The molecule has 6 fully saturated rings. The first-order chi connectivity index (χ1) is 30.9. The SMILES string of the molecule is CCCC[N+](CCCC)(CCCC)CCCC.O=C(NOC1CCCCC1)[C@@H]1CC[C@@H]2CN1C(=O)N2OS(=O)(=O)O.O=C(NOC1CCCCC1)[C@@H]1CC[C@@H]2CN1C(=O)N2OS(=O)(=O)O. The molecular weight excluding hydrogens is 891 g/mol. The minimum Gasteiger partial charge on any atom is -0.324 e. The van der Waals surface area contributed by atoms with Gasteiger partial charge in [0.05, 0.1) is 50.5 Å². The topological polar surface area (TPSA) is 251 Å². The highest BCUT2D eigenvalue weighted by Crippen LogP contribution is 2.32. The lowest BCUT2D eigenvalue weighted by Gasteiger charge is -2.39. The molecule has 4 saturated heterocycles. The molecule has 0 radical (unpaired) electrons. The molecule has 21 nitrogen and oxygen atoms in total. The lowest BCUT2D eigenvalue weighted by molar-refractivity contribution is -0.929. The number of rotatable bonds is 22. The van der Waals surface area contributed by atoms with E-state index in [2.05, 4.69) is 47.2 Å². The third-order valence-corrected chi connectivity index (χ3v) is 14.0. The molecule has 6 aliphatic rings. The second-order valence-electron chi connectivity index (χ2n) is 18.4. The molecule has 23 heteroatoms. The molecule has 6 amide bonds. The van der Waals surface area contributed by atoms with E-state index in [0.29, 0.717) is 35.8 Å². The summed E-state index contributed by atoms with van der Waals surface area (Å²) in [5.74, 6) is -0.859. The second kappa shape index (κ2) is 26.6. The number of nitrogens with zero attached hydrogens (tertiary/aromatic N) is 5. The van der Waals surface area contributed by atoms with E-state index in [1.54, 1.807) is 0 Å². The van der Waals surface area contributed by atoms with Crippen molar-refractivity contribution in [1.82, 2.24) is 30.9 Å². The van der Waals surface area contributed by atoms with Crippen LogP contribution in [0.3, 0.4) is 0 Å². The Balaban J connectivity index is 0.000000218.